The SMILES string of the molecule is CN(CC1CCC1)C1(CN)CCOC1. The van der Waals surface area contributed by atoms with Crippen molar-refractivity contribution in [2.45, 2.75) is 31.2 Å². The van der Waals surface area contributed by atoms with Crippen LogP contribution >= 0.6 is 0 Å². The number of hydrogen-bond acceptors (Lipinski definition) is 3. The molecule has 1 aliphatic heterocycles. The van der Waals surface area contributed by atoms with Crippen LogP contribution in [-0.4, -0.2) is 43.8 Å². The zero-order valence-electron chi connectivity index (χ0n) is 9.17. The third-order valence-corrected chi connectivity index (χ3v) is 4.03. The summed E-state index contributed by atoms with van der Waals surface area (Å²) in [7, 11) is 2.21. The van der Waals surface area contributed by atoms with Crippen molar-refractivity contribution in [1.82, 2.24) is 4.90 Å². The molecule has 1 unspecified atom stereocenters. The van der Waals surface area contributed by atoms with Crippen molar-refractivity contribution < 1.29 is 4.74 Å². The van der Waals surface area contributed by atoms with E-state index in [-0.39, 0.29) is 5.54 Å². The third kappa shape index (κ3) is 1.81. The van der Waals surface area contributed by atoms with Crippen molar-refractivity contribution in [3.63, 3.8) is 0 Å². The molecule has 1 atom stereocenters. The van der Waals surface area contributed by atoms with E-state index in [9.17, 15) is 0 Å². The fourth-order valence-corrected chi connectivity index (χ4v) is 2.47. The Bertz CT molecular complexity index is 186. The summed E-state index contributed by atoms with van der Waals surface area (Å²) >= 11 is 0. The van der Waals surface area contributed by atoms with Crippen molar-refractivity contribution >= 4 is 0 Å². The smallest absolute Gasteiger partial charge is 0.0663 e. The molecule has 1 heterocycles. The molecule has 2 N–H and O–H groups in total. The third-order valence-electron chi connectivity index (χ3n) is 4.03. The molecule has 0 bridgehead atoms. The van der Waals surface area contributed by atoms with Crippen LogP contribution in [0.15, 0.2) is 0 Å². The van der Waals surface area contributed by atoms with Gasteiger partial charge in [0.15, 0.2) is 0 Å². The molecule has 2 aliphatic rings. The van der Waals surface area contributed by atoms with E-state index in [1.165, 1.54) is 25.8 Å². The Labute approximate surface area is 86.6 Å². The van der Waals surface area contributed by atoms with Gasteiger partial charge in [0.1, 0.15) is 0 Å². The standard InChI is InChI=1S/C11H22N2O/c1-13(7-10-3-2-4-10)11(8-12)5-6-14-9-11/h10H,2-9,12H2,1H3. The highest BCUT2D eigenvalue weighted by atomic mass is 16.5. The molecular formula is C11H22N2O. The molecule has 2 rings (SSSR count). The molecule has 3 nitrogen and oxygen atoms in total. The highest BCUT2D eigenvalue weighted by Crippen LogP contribution is 2.31. The zero-order valence-corrected chi connectivity index (χ0v) is 9.17. The van der Waals surface area contributed by atoms with Gasteiger partial charge in [-0.15, -0.1) is 0 Å². The van der Waals surface area contributed by atoms with Crippen LogP contribution < -0.4 is 5.73 Å². The Morgan fingerprint density at radius 2 is 2.29 bits per heavy atom. The van der Waals surface area contributed by atoms with Gasteiger partial charge in [-0.1, -0.05) is 6.42 Å². The fraction of sp³-hybridized carbons (Fsp3) is 1.00. The van der Waals surface area contributed by atoms with Gasteiger partial charge in [0.2, 0.25) is 0 Å². The second kappa shape index (κ2) is 4.17. The molecule has 0 amide bonds. The fourth-order valence-electron chi connectivity index (χ4n) is 2.47. The van der Waals surface area contributed by atoms with Crippen molar-refractivity contribution in [2.24, 2.45) is 11.7 Å². The second-order valence-electron chi connectivity index (χ2n) is 4.91. The molecule has 1 aliphatic carbocycles. The Kier molecular flexibility index (Phi) is 3.10. The van der Waals surface area contributed by atoms with Gasteiger partial charge < -0.3 is 10.5 Å². The van der Waals surface area contributed by atoms with Gasteiger partial charge in [0, 0.05) is 19.7 Å². The largest absolute Gasteiger partial charge is 0.379 e. The van der Waals surface area contributed by atoms with E-state index in [1.807, 2.05) is 0 Å². The van der Waals surface area contributed by atoms with Crippen LogP contribution in [-0.2, 0) is 4.74 Å². The second-order valence-corrected chi connectivity index (χ2v) is 4.91. The van der Waals surface area contributed by atoms with Gasteiger partial charge >= 0.3 is 0 Å². The topological polar surface area (TPSA) is 38.5 Å². The van der Waals surface area contributed by atoms with Crippen molar-refractivity contribution in [3.05, 3.63) is 0 Å². The minimum atomic E-state index is 0.148. The minimum absolute atomic E-state index is 0.148. The molecule has 1 saturated heterocycles. The summed E-state index contributed by atoms with van der Waals surface area (Å²) in [6.07, 6.45) is 5.34. The molecule has 14 heavy (non-hydrogen) atoms. The number of likely N-dealkylation sites (N-methyl/N-ethyl adjacent to an activating group) is 1. The van der Waals surface area contributed by atoms with Crippen molar-refractivity contribution in [3.8, 4) is 0 Å². The molecule has 3 heteroatoms. The number of hydrogen-bond donors (Lipinski definition) is 1. The van der Waals surface area contributed by atoms with Crippen molar-refractivity contribution in [2.75, 3.05) is 33.4 Å². The van der Waals surface area contributed by atoms with Crippen LogP contribution in [0.2, 0.25) is 0 Å². The Balaban J connectivity index is 1.89. The predicted octanol–water partition coefficient (Wildman–Crippen LogP) is 0.836. The maximum absolute atomic E-state index is 5.88. The summed E-state index contributed by atoms with van der Waals surface area (Å²) in [5, 5.41) is 0. The van der Waals surface area contributed by atoms with Crippen molar-refractivity contribution in [1.29, 1.82) is 0 Å². The first kappa shape index (κ1) is 10.4. The molecule has 82 valence electrons. The molecule has 1 saturated carbocycles. The summed E-state index contributed by atoms with van der Waals surface area (Å²) in [6.45, 7) is 3.65. The number of nitrogens with zero attached hydrogens (tertiary/aromatic N) is 1. The normalized spacial score (nSPS) is 33.6. The van der Waals surface area contributed by atoms with Gasteiger partial charge in [-0.3, -0.25) is 4.90 Å². The average Bonchev–Trinajstić information content (AvgIpc) is 2.60. The summed E-state index contributed by atoms with van der Waals surface area (Å²) in [5.41, 5.74) is 6.03. The number of rotatable bonds is 4. The summed E-state index contributed by atoms with van der Waals surface area (Å²) in [6, 6.07) is 0. The Morgan fingerprint density at radius 3 is 2.71 bits per heavy atom. The van der Waals surface area contributed by atoms with E-state index in [4.69, 9.17) is 10.5 Å². The summed E-state index contributed by atoms with van der Waals surface area (Å²) in [4.78, 5) is 2.45. The number of nitrogens with two attached hydrogens (primary N) is 1. The lowest BCUT2D eigenvalue weighted by atomic mass is 9.83. The van der Waals surface area contributed by atoms with Gasteiger partial charge in [0.25, 0.3) is 0 Å². The van der Waals surface area contributed by atoms with E-state index >= 15 is 0 Å². The quantitative estimate of drug-likeness (QED) is 0.727. The summed E-state index contributed by atoms with van der Waals surface area (Å²) in [5.74, 6) is 0.920. The first-order valence-electron chi connectivity index (χ1n) is 5.76. The lowest BCUT2D eigenvalue weighted by molar-refractivity contribution is 0.0673. The van der Waals surface area contributed by atoms with Crippen LogP contribution in [0.25, 0.3) is 0 Å². The van der Waals surface area contributed by atoms with Crippen LogP contribution in [0.1, 0.15) is 25.7 Å². The maximum atomic E-state index is 5.88. The minimum Gasteiger partial charge on any atom is -0.379 e. The monoisotopic (exact) mass is 198 g/mol. The van der Waals surface area contributed by atoms with Crippen LogP contribution in [0.4, 0.5) is 0 Å². The highest BCUT2D eigenvalue weighted by molar-refractivity contribution is 4.94. The number of ether oxygens (including phenoxy) is 1. The highest BCUT2D eigenvalue weighted by Gasteiger charge is 2.38. The van der Waals surface area contributed by atoms with Crippen LogP contribution in [0.5, 0.6) is 0 Å². The predicted molar refractivity (Wildman–Crippen MR) is 57.2 cm³/mol. The Morgan fingerprint density at radius 1 is 1.50 bits per heavy atom. The molecule has 0 aromatic heterocycles. The van der Waals surface area contributed by atoms with E-state index in [2.05, 4.69) is 11.9 Å². The van der Waals surface area contributed by atoms with Gasteiger partial charge in [-0.05, 0) is 32.2 Å². The molecule has 0 aromatic carbocycles. The van der Waals surface area contributed by atoms with Gasteiger partial charge in [0.05, 0.1) is 12.1 Å². The van der Waals surface area contributed by atoms with Crippen LogP contribution in [0.3, 0.4) is 0 Å². The molecule has 0 radical (unpaired) electrons. The Hall–Kier alpha value is -0.120. The molecule has 0 spiro atoms. The van der Waals surface area contributed by atoms with E-state index in [1.54, 1.807) is 0 Å². The lowest BCUT2D eigenvalue weighted by Crippen LogP contribution is -2.54. The first-order chi connectivity index (χ1) is 6.77. The lowest BCUT2D eigenvalue weighted by Gasteiger charge is -2.40. The van der Waals surface area contributed by atoms with E-state index in [0.29, 0.717) is 0 Å². The molecule has 2 fully saturated rings. The molecular weight excluding hydrogens is 176 g/mol. The zero-order chi connectivity index (χ0) is 10.0. The maximum Gasteiger partial charge on any atom is 0.0663 e. The summed E-state index contributed by atoms with van der Waals surface area (Å²) < 4.78 is 5.48. The van der Waals surface area contributed by atoms with E-state index < -0.39 is 0 Å². The van der Waals surface area contributed by atoms with Gasteiger partial charge in [-0.2, -0.15) is 0 Å². The van der Waals surface area contributed by atoms with Crippen LogP contribution in [0, 0.1) is 5.92 Å². The first-order valence-corrected chi connectivity index (χ1v) is 5.76. The average molecular weight is 198 g/mol. The molecule has 0 aromatic rings. The van der Waals surface area contributed by atoms with E-state index in [0.717, 1.165) is 32.1 Å². The van der Waals surface area contributed by atoms with Gasteiger partial charge in [-0.25, -0.2) is 0 Å².